The van der Waals surface area contributed by atoms with E-state index in [4.69, 9.17) is 5.73 Å². The maximum absolute atomic E-state index is 5.79. The molecule has 1 aliphatic rings. The molecule has 2 N–H and O–H groups in total. The topological polar surface area (TPSA) is 26.0 Å². The second kappa shape index (κ2) is 2.12. The number of fused-ring (bicyclic) bond motifs is 1. The molecule has 2 rings (SSSR count). The molecule has 0 bridgehead atoms. The third-order valence-corrected chi connectivity index (χ3v) is 2.09. The number of rotatable bonds is 0. The smallest absolute Gasteiger partial charge is 0.0390 e. The van der Waals surface area contributed by atoms with Crippen molar-refractivity contribution >= 4 is 11.8 Å². The van der Waals surface area contributed by atoms with Gasteiger partial charge in [0.15, 0.2) is 0 Å². The van der Waals surface area contributed by atoms with Crippen molar-refractivity contribution < 1.29 is 0 Å². The summed E-state index contributed by atoms with van der Waals surface area (Å²) in [5, 5.41) is 0. The van der Waals surface area contributed by atoms with E-state index in [2.05, 4.69) is 19.1 Å². The van der Waals surface area contributed by atoms with Gasteiger partial charge in [0.25, 0.3) is 0 Å². The summed E-state index contributed by atoms with van der Waals surface area (Å²) in [5.41, 5.74) is 10.7. The lowest BCUT2D eigenvalue weighted by Gasteiger charge is -2.00. The maximum atomic E-state index is 5.79. The van der Waals surface area contributed by atoms with Crippen molar-refractivity contribution in [3.63, 3.8) is 0 Å². The van der Waals surface area contributed by atoms with Gasteiger partial charge in [-0.1, -0.05) is 23.8 Å². The van der Waals surface area contributed by atoms with E-state index in [1.807, 2.05) is 12.1 Å². The van der Waals surface area contributed by atoms with Gasteiger partial charge in [0.1, 0.15) is 0 Å². The first-order chi connectivity index (χ1) is 5.27. The molecule has 0 aliphatic heterocycles. The number of anilines is 1. The Labute approximate surface area is 66.5 Å². The Kier molecular flexibility index (Phi) is 1.25. The van der Waals surface area contributed by atoms with Crippen LogP contribution in [-0.4, -0.2) is 0 Å². The van der Waals surface area contributed by atoms with Crippen molar-refractivity contribution in [2.24, 2.45) is 0 Å². The molecule has 56 valence electrons. The first-order valence-electron chi connectivity index (χ1n) is 3.82. The maximum Gasteiger partial charge on any atom is 0.0390 e. The van der Waals surface area contributed by atoms with Crippen LogP contribution in [0.1, 0.15) is 18.1 Å². The zero-order valence-corrected chi connectivity index (χ0v) is 6.59. The van der Waals surface area contributed by atoms with Crippen LogP contribution in [0.25, 0.3) is 6.08 Å². The summed E-state index contributed by atoms with van der Waals surface area (Å²) >= 11 is 0. The molecule has 1 aromatic carbocycles. The molecule has 0 spiro atoms. The molecule has 0 radical (unpaired) electrons. The number of hydrogen-bond donors (Lipinski definition) is 1. The van der Waals surface area contributed by atoms with Crippen molar-refractivity contribution in [2.45, 2.75) is 13.3 Å². The van der Waals surface area contributed by atoms with E-state index >= 15 is 0 Å². The van der Waals surface area contributed by atoms with Crippen LogP contribution in [0.5, 0.6) is 0 Å². The Morgan fingerprint density at radius 1 is 1.36 bits per heavy atom. The van der Waals surface area contributed by atoms with Gasteiger partial charge in [-0.25, -0.2) is 0 Å². The van der Waals surface area contributed by atoms with E-state index in [9.17, 15) is 0 Å². The molecule has 0 saturated carbocycles. The average molecular weight is 145 g/mol. The zero-order valence-electron chi connectivity index (χ0n) is 6.59. The molecular formula is C10H11N. The summed E-state index contributed by atoms with van der Waals surface area (Å²) in [6.45, 7) is 2.14. The van der Waals surface area contributed by atoms with Crippen LogP contribution < -0.4 is 5.73 Å². The second-order valence-electron chi connectivity index (χ2n) is 3.09. The zero-order chi connectivity index (χ0) is 7.84. The van der Waals surface area contributed by atoms with Gasteiger partial charge < -0.3 is 5.73 Å². The van der Waals surface area contributed by atoms with Gasteiger partial charge in [0, 0.05) is 11.3 Å². The number of benzene rings is 1. The standard InChI is InChI=1S/C10H11N/c1-7-5-8-3-2-4-10(11)9(8)6-7/h2-4,6H,5,11H2,1H3. The van der Waals surface area contributed by atoms with Gasteiger partial charge >= 0.3 is 0 Å². The van der Waals surface area contributed by atoms with Crippen LogP contribution >= 0.6 is 0 Å². The van der Waals surface area contributed by atoms with Gasteiger partial charge in [-0.2, -0.15) is 0 Å². The molecule has 0 aromatic heterocycles. The summed E-state index contributed by atoms with van der Waals surface area (Å²) in [5.74, 6) is 0. The first kappa shape index (κ1) is 6.47. The van der Waals surface area contributed by atoms with Gasteiger partial charge in [0.2, 0.25) is 0 Å². The molecular weight excluding hydrogens is 134 g/mol. The highest BCUT2D eigenvalue weighted by Gasteiger charge is 2.10. The van der Waals surface area contributed by atoms with Crippen molar-refractivity contribution in [2.75, 3.05) is 5.73 Å². The normalized spacial score (nSPS) is 14.5. The Balaban J connectivity index is 2.61. The van der Waals surface area contributed by atoms with Crippen LogP contribution in [0.3, 0.4) is 0 Å². The fraction of sp³-hybridized carbons (Fsp3) is 0.200. The number of hydrogen-bond acceptors (Lipinski definition) is 1. The van der Waals surface area contributed by atoms with E-state index in [1.54, 1.807) is 0 Å². The molecule has 1 heteroatoms. The van der Waals surface area contributed by atoms with Crippen LogP contribution in [-0.2, 0) is 6.42 Å². The average Bonchev–Trinajstić information content (AvgIpc) is 2.31. The monoisotopic (exact) mass is 145 g/mol. The van der Waals surface area contributed by atoms with Crippen molar-refractivity contribution in [3.8, 4) is 0 Å². The fourth-order valence-electron chi connectivity index (χ4n) is 1.56. The van der Waals surface area contributed by atoms with Crippen molar-refractivity contribution in [3.05, 3.63) is 34.9 Å². The molecule has 1 aromatic rings. The lowest BCUT2D eigenvalue weighted by atomic mass is 10.1. The predicted molar refractivity (Wildman–Crippen MR) is 48.2 cm³/mol. The van der Waals surface area contributed by atoms with E-state index in [1.165, 1.54) is 16.7 Å². The highest BCUT2D eigenvalue weighted by molar-refractivity contribution is 5.73. The number of nitrogens with two attached hydrogens (primary N) is 1. The predicted octanol–water partition coefficient (Wildman–Crippen LogP) is 2.23. The summed E-state index contributed by atoms with van der Waals surface area (Å²) < 4.78 is 0. The van der Waals surface area contributed by atoms with E-state index in [-0.39, 0.29) is 0 Å². The fourth-order valence-corrected chi connectivity index (χ4v) is 1.56. The first-order valence-corrected chi connectivity index (χ1v) is 3.82. The third kappa shape index (κ3) is 0.929. The number of allylic oxidation sites excluding steroid dienone is 1. The Bertz CT molecular complexity index is 324. The van der Waals surface area contributed by atoms with Crippen LogP contribution in [0.4, 0.5) is 5.69 Å². The molecule has 0 saturated heterocycles. The van der Waals surface area contributed by atoms with Gasteiger partial charge in [0.05, 0.1) is 0 Å². The minimum absolute atomic E-state index is 0.902. The lowest BCUT2D eigenvalue weighted by Crippen LogP contribution is -1.90. The van der Waals surface area contributed by atoms with Crippen molar-refractivity contribution in [1.29, 1.82) is 0 Å². The van der Waals surface area contributed by atoms with Crippen molar-refractivity contribution in [1.82, 2.24) is 0 Å². The van der Waals surface area contributed by atoms with Gasteiger partial charge in [-0.15, -0.1) is 0 Å². The van der Waals surface area contributed by atoms with Crippen LogP contribution in [0.2, 0.25) is 0 Å². The largest absolute Gasteiger partial charge is 0.398 e. The van der Waals surface area contributed by atoms with Gasteiger partial charge in [-0.05, 0) is 25.0 Å². The molecule has 0 heterocycles. The molecule has 1 nitrogen and oxygen atoms in total. The quantitative estimate of drug-likeness (QED) is 0.556. The molecule has 0 atom stereocenters. The molecule has 11 heavy (non-hydrogen) atoms. The summed E-state index contributed by atoms with van der Waals surface area (Å²) in [4.78, 5) is 0. The third-order valence-electron chi connectivity index (χ3n) is 2.09. The van der Waals surface area contributed by atoms with Crippen LogP contribution in [0.15, 0.2) is 23.8 Å². The SMILES string of the molecule is CC1=Cc2c(N)cccc2C1. The van der Waals surface area contributed by atoms with E-state index in [0.29, 0.717) is 0 Å². The van der Waals surface area contributed by atoms with Gasteiger partial charge in [-0.3, -0.25) is 0 Å². The Hall–Kier alpha value is -1.24. The van der Waals surface area contributed by atoms with E-state index < -0.39 is 0 Å². The highest BCUT2D eigenvalue weighted by atomic mass is 14.6. The Morgan fingerprint density at radius 3 is 2.91 bits per heavy atom. The summed E-state index contributed by atoms with van der Waals surface area (Å²) in [7, 11) is 0. The molecule has 1 aliphatic carbocycles. The highest BCUT2D eigenvalue weighted by Crippen LogP contribution is 2.28. The summed E-state index contributed by atoms with van der Waals surface area (Å²) in [6.07, 6.45) is 3.24. The minimum Gasteiger partial charge on any atom is -0.398 e. The minimum atomic E-state index is 0.902. The summed E-state index contributed by atoms with van der Waals surface area (Å²) in [6, 6.07) is 6.10. The molecule has 0 amide bonds. The van der Waals surface area contributed by atoms with E-state index in [0.717, 1.165) is 12.1 Å². The second-order valence-corrected chi connectivity index (χ2v) is 3.09. The molecule has 0 unspecified atom stereocenters. The lowest BCUT2D eigenvalue weighted by molar-refractivity contribution is 1.20. The Morgan fingerprint density at radius 2 is 2.18 bits per heavy atom. The number of nitrogen functional groups attached to an aromatic ring is 1. The van der Waals surface area contributed by atoms with Crippen LogP contribution in [0, 0.1) is 0 Å². The molecule has 0 fully saturated rings.